The number of hydrogen-bond acceptors (Lipinski definition) is 4. The second-order valence-corrected chi connectivity index (χ2v) is 5.86. The van der Waals surface area contributed by atoms with E-state index in [1.165, 1.54) is 6.07 Å². The maximum absolute atomic E-state index is 12.9. The molecule has 0 saturated carbocycles. The number of nitrogens with zero attached hydrogens (tertiary/aromatic N) is 2. The van der Waals surface area contributed by atoms with Crippen molar-refractivity contribution in [2.45, 2.75) is 20.0 Å². The molecule has 4 nitrogen and oxygen atoms in total. The summed E-state index contributed by atoms with van der Waals surface area (Å²) in [6.45, 7) is 3.75. The molecule has 3 aromatic rings. The molecule has 134 valence electrons. The molecule has 0 aliphatic carbocycles. The van der Waals surface area contributed by atoms with Crippen LogP contribution >= 0.6 is 0 Å². The van der Waals surface area contributed by atoms with E-state index in [1.54, 1.807) is 19.1 Å². The molecule has 0 fully saturated rings. The van der Waals surface area contributed by atoms with Crippen LogP contribution in [-0.2, 0) is 6.18 Å². The first-order valence-electron chi connectivity index (χ1n) is 7.94. The third kappa shape index (κ3) is 4.30. The van der Waals surface area contributed by atoms with Crippen molar-refractivity contribution >= 4 is 23.1 Å². The van der Waals surface area contributed by atoms with Crippen LogP contribution in [0.25, 0.3) is 0 Å². The van der Waals surface area contributed by atoms with Gasteiger partial charge in [-0.05, 0) is 43.7 Å². The lowest BCUT2D eigenvalue weighted by molar-refractivity contribution is -0.137. The van der Waals surface area contributed by atoms with Gasteiger partial charge in [0.15, 0.2) is 0 Å². The summed E-state index contributed by atoms with van der Waals surface area (Å²) >= 11 is 0. The van der Waals surface area contributed by atoms with Gasteiger partial charge in [-0.25, -0.2) is 4.98 Å². The summed E-state index contributed by atoms with van der Waals surface area (Å²) in [7, 11) is 0. The minimum atomic E-state index is -4.39. The first-order chi connectivity index (χ1) is 12.3. The zero-order chi connectivity index (χ0) is 18.7. The number of rotatable bonds is 4. The van der Waals surface area contributed by atoms with E-state index in [2.05, 4.69) is 20.6 Å². The first kappa shape index (κ1) is 17.7. The van der Waals surface area contributed by atoms with E-state index in [0.29, 0.717) is 23.1 Å². The van der Waals surface area contributed by atoms with Crippen molar-refractivity contribution in [3.8, 4) is 0 Å². The maximum atomic E-state index is 12.9. The van der Waals surface area contributed by atoms with Gasteiger partial charge in [0.05, 0.1) is 5.56 Å². The fourth-order valence-corrected chi connectivity index (χ4v) is 2.44. The molecule has 3 rings (SSSR count). The van der Waals surface area contributed by atoms with Gasteiger partial charge in [0, 0.05) is 23.1 Å². The Morgan fingerprint density at radius 2 is 1.62 bits per heavy atom. The fraction of sp³-hybridized carbons (Fsp3) is 0.158. The molecule has 0 spiro atoms. The predicted molar refractivity (Wildman–Crippen MR) is 96.0 cm³/mol. The van der Waals surface area contributed by atoms with E-state index in [0.717, 1.165) is 23.4 Å². The summed E-state index contributed by atoms with van der Waals surface area (Å²) in [6.07, 6.45) is -4.39. The highest BCUT2D eigenvalue weighted by Crippen LogP contribution is 2.31. The molecule has 26 heavy (non-hydrogen) atoms. The van der Waals surface area contributed by atoms with Crippen LogP contribution < -0.4 is 10.6 Å². The quantitative estimate of drug-likeness (QED) is 0.637. The predicted octanol–water partition coefficient (Wildman–Crippen LogP) is 5.60. The summed E-state index contributed by atoms with van der Waals surface area (Å²) in [5.74, 6) is 0.779. The monoisotopic (exact) mass is 358 g/mol. The van der Waals surface area contributed by atoms with Crippen LogP contribution in [0.5, 0.6) is 0 Å². The fourth-order valence-electron chi connectivity index (χ4n) is 2.44. The minimum absolute atomic E-state index is 0.305. The van der Waals surface area contributed by atoms with Gasteiger partial charge in [-0.15, -0.1) is 0 Å². The number of alkyl halides is 3. The Balaban J connectivity index is 1.85. The van der Waals surface area contributed by atoms with Crippen molar-refractivity contribution in [2.24, 2.45) is 0 Å². The van der Waals surface area contributed by atoms with E-state index in [1.807, 2.05) is 31.2 Å². The Morgan fingerprint density at radius 3 is 2.35 bits per heavy atom. The summed E-state index contributed by atoms with van der Waals surface area (Å²) in [5.41, 5.74) is 2.17. The van der Waals surface area contributed by atoms with Gasteiger partial charge in [0.2, 0.25) is 5.95 Å². The molecule has 0 amide bonds. The Morgan fingerprint density at radius 1 is 0.846 bits per heavy atom. The normalized spacial score (nSPS) is 11.3. The number of para-hydroxylation sites is 1. The topological polar surface area (TPSA) is 49.8 Å². The molecule has 2 N–H and O–H groups in total. The molecule has 0 aliphatic rings. The average Bonchev–Trinajstić information content (AvgIpc) is 2.56. The van der Waals surface area contributed by atoms with Crippen molar-refractivity contribution < 1.29 is 13.2 Å². The molecule has 0 atom stereocenters. The Labute approximate surface area is 149 Å². The third-order valence-electron chi connectivity index (χ3n) is 3.71. The Kier molecular flexibility index (Phi) is 4.79. The van der Waals surface area contributed by atoms with E-state index in [9.17, 15) is 13.2 Å². The van der Waals surface area contributed by atoms with E-state index in [-0.39, 0.29) is 0 Å². The van der Waals surface area contributed by atoms with Gasteiger partial charge in [0.25, 0.3) is 0 Å². The van der Waals surface area contributed by atoms with Crippen LogP contribution in [0, 0.1) is 13.8 Å². The number of aromatic nitrogens is 2. The molecule has 7 heteroatoms. The molecule has 0 bridgehead atoms. The van der Waals surface area contributed by atoms with E-state index >= 15 is 0 Å². The number of benzene rings is 2. The lowest BCUT2D eigenvalue weighted by Gasteiger charge is -2.12. The highest BCUT2D eigenvalue weighted by molar-refractivity contribution is 5.62. The first-order valence-corrected chi connectivity index (χ1v) is 7.94. The number of anilines is 4. The SMILES string of the molecule is Cc1cc(Nc2cccc(C(F)(F)F)c2)nc(Nc2ccccc2C)n1. The number of hydrogen-bond donors (Lipinski definition) is 2. The van der Waals surface area contributed by atoms with Crippen LogP contribution in [0.2, 0.25) is 0 Å². The third-order valence-corrected chi connectivity index (χ3v) is 3.71. The molecular weight excluding hydrogens is 341 g/mol. The molecule has 2 aromatic carbocycles. The smallest absolute Gasteiger partial charge is 0.340 e. The number of halogens is 3. The van der Waals surface area contributed by atoms with E-state index < -0.39 is 11.7 Å². The average molecular weight is 358 g/mol. The lowest BCUT2D eigenvalue weighted by Crippen LogP contribution is -2.06. The molecule has 0 saturated heterocycles. The molecule has 1 heterocycles. The molecular formula is C19H17F3N4. The summed E-state index contributed by atoms with van der Waals surface area (Å²) in [6, 6.07) is 14.3. The van der Waals surface area contributed by atoms with Gasteiger partial charge in [-0.3, -0.25) is 0 Å². The van der Waals surface area contributed by atoms with E-state index in [4.69, 9.17) is 0 Å². The minimum Gasteiger partial charge on any atom is -0.340 e. The molecule has 1 aromatic heterocycles. The molecule has 0 radical (unpaired) electrons. The van der Waals surface area contributed by atoms with Crippen LogP contribution in [0.4, 0.5) is 36.3 Å². The van der Waals surface area contributed by atoms with Crippen LogP contribution in [-0.4, -0.2) is 9.97 Å². The highest BCUT2D eigenvalue weighted by atomic mass is 19.4. The molecule has 0 aliphatic heterocycles. The standard InChI is InChI=1S/C19H17F3N4/c1-12-6-3-4-9-16(12)25-18-23-13(2)10-17(26-18)24-15-8-5-7-14(11-15)19(20,21)22/h3-11H,1-2H3,(H2,23,24,25,26). The molecule has 0 unspecified atom stereocenters. The largest absolute Gasteiger partial charge is 0.416 e. The second kappa shape index (κ2) is 7.03. The van der Waals surface area contributed by atoms with Gasteiger partial charge >= 0.3 is 6.18 Å². The number of nitrogens with one attached hydrogen (secondary N) is 2. The van der Waals surface area contributed by atoms with Crippen LogP contribution in [0.1, 0.15) is 16.8 Å². The Hall–Kier alpha value is -3.09. The zero-order valence-corrected chi connectivity index (χ0v) is 14.2. The van der Waals surface area contributed by atoms with Gasteiger partial charge in [0.1, 0.15) is 5.82 Å². The summed E-state index contributed by atoms with van der Waals surface area (Å²) in [5, 5.41) is 6.04. The van der Waals surface area contributed by atoms with Gasteiger partial charge < -0.3 is 10.6 Å². The van der Waals surface area contributed by atoms with Crippen LogP contribution in [0.3, 0.4) is 0 Å². The lowest BCUT2D eigenvalue weighted by atomic mass is 10.2. The number of aryl methyl sites for hydroxylation is 2. The maximum Gasteiger partial charge on any atom is 0.416 e. The Bertz CT molecular complexity index is 923. The van der Waals surface area contributed by atoms with Crippen molar-refractivity contribution in [3.05, 3.63) is 71.4 Å². The van der Waals surface area contributed by atoms with Crippen LogP contribution in [0.15, 0.2) is 54.6 Å². The van der Waals surface area contributed by atoms with Gasteiger partial charge in [-0.1, -0.05) is 24.3 Å². The second-order valence-electron chi connectivity index (χ2n) is 5.86. The zero-order valence-electron chi connectivity index (χ0n) is 14.2. The van der Waals surface area contributed by atoms with Crippen molar-refractivity contribution in [1.82, 2.24) is 9.97 Å². The van der Waals surface area contributed by atoms with Crippen molar-refractivity contribution in [1.29, 1.82) is 0 Å². The highest BCUT2D eigenvalue weighted by Gasteiger charge is 2.30. The van der Waals surface area contributed by atoms with Crippen molar-refractivity contribution in [3.63, 3.8) is 0 Å². The summed E-state index contributed by atoms with van der Waals surface area (Å²) < 4.78 is 38.6. The summed E-state index contributed by atoms with van der Waals surface area (Å²) in [4.78, 5) is 8.67. The van der Waals surface area contributed by atoms with Crippen molar-refractivity contribution in [2.75, 3.05) is 10.6 Å². The van der Waals surface area contributed by atoms with Gasteiger partial charge in [-0.2, -0.15) is 18.2 Å².